The van der Waals surface area contributed by atoms with Gasteiger partial charge in [-0.1, -0.05) is 36.7 Å². The standard InChI is InChI=1S/C22H19FN2O2S2/c23-14-5-3-4-13(10-14)12-28-22-24-18-9-8-15(11-19(18)29-22)25-20(26)16-6-1-2-7-17(16)21(25)27/h3-5,8-11,16-17H,1-2,6-7,12H2/t16-,17+. The number of halogens is 1. The highest BCUT2D eigenvalue weighted by Crippen LogP contribution is 2.41. The van der Waals surface area contributed by atoms with Gasteiger partial charge in [0.05, 0.1) is 27.7 Å². The fourth-order valence-corrected chi connectivity index (χ4v) is 6.33. The molecule has 0 bridgehead atoms. The van der Waals surface area contributed by atoms with E-state index in [-0.39, 0.29) is 29.5 Å². The fourth-order valence-electron chi connectivity index (χ4n) is 4.28. The highest BCUT2D eigenvalue weighted by molar-refractivity contribution is 8.00. The van der Waals surface area contributed by atoms with Crippen molar-refractivity contribution >= 4 is 50.8 Å². The first-order chi connectivity index (χ1) is 14.1. The first-order valence-electron chi connectivity index (χ1n) is 9.76. The summed E-state index contributed by atoms with van der Waals surface area (Å²) in [6.07, 6.45) is 3.67. The molecule has 148 valence electrons. The largest absolute Gasteiger partial charge is 0.274 e. The van der Waals surface area contributed by atoms with Crippen LogP contribution in [0.25, 0.3) is 10.2 Å². The summed E-state index contributed by atoms with van der Waals surface area (Å²) in [6, 6.07) is 12.1. The number of carbonyl (C=O) groups is 2. The quantitative estimate of drug-likeness (QED) is 0.414. The van der Waals surface area contributed by atoms with Gasteiger partial charge >= 0.3 is 0 Å². The molecule has 5 rings (SSSR count). The first-order valence-corrected chi connectivity index (χ1v) is 11.6. The van der Waals surface area contributed by atoms with Gasteiger partial charge < -0.3 is 0 Å². The maximum Gasteiger partial charge on any atom is 0.237 e. The molecular weight excluding hydrogens is 407 g/mol. The van der Waals surface area contributed by atoms with Crippen LogP contribution >= 0.6 is 23.1 Å². The van der Waals surface area contributed by atoms with Gasteiger partial charge in [-0.2, -0.15) is 0 Å². The van der Waals surface area contributed by atoms with E-state index in [2.05, 4.69) is 4.98 Å². The topological polar surface area (TPSA) is 50.3 Å². The van der Waals surface area contributed by atoms with E-state index in [9.17, 15) is 14.0 Å². The van der Waals surface area contributed by atoms with Crippen LogP contribution in [0.5, 0.6) is 0 Å². The van der Waals surface area contributed by atoms with Gasteiger partial charge in [0, 0.05) is 5.75 Å². The second-order valence-electron chi connectivity index (χ2n) is 7.56. The fraction of sp³-hybridized carbons (Fsp3) is 0.318. The second kappa shape index (κ2) is 7.54. The van der Waals surface area contributed by atoms with Gasteiger partial charge in [-0.05, 0) is 48.7 Å². The summed E-state index contributed by atoms with van der Waals surface area (Å²) < 4.78 is 15.2. The number of imide groups is 1. The van der Waals surface area contributed by atoms with Gasteiger partial charge in [0.2, 0.25) is 11.8 Å². The van der Waals surface area contributed by atoms with E-state index in [0.29, 0.717) is 11.4 Å². The van der Waals surface area contributed by atoms with Gasteiger partial charge in [-0.3, -0.25) is 14.5 Å². The highest BCUT2D eigenvalue weighted by Gasteiger charge is 2.48. The van der Waals surface area contributed by atoms with E-state index in [1.165, 1.54) is 28.4 Å². The summed E-state index contributed by atoms with van der Waals surface area (Å²) in [6.45, 7) is 0. The van der Waals surface area contributed by atoms with E-state index < -0.39 is 0 Å². The number of rotatable bonds is 4. The van der Waals surface area contributed by atoms with Crippen LogP contribution in [-0.4, -0.2) is 16.8 Å². The van der Waals surface area contributed by atoms with Crippen molar-refractivity contribution in [1.82, 2.24) is 4.98 Å². The summed E-state index contributed by atoms with van der Waals surface area (Å²) in [5.41, 5.74) is 2.40. The summed E-state index contributed by atoms with van der Waals surface area (Å²) in [4.78, 5) is 31.7. The SMILES string of the molecule is O=C1[C@H]2CCCC[C@H]2C(=O)N1c1ccc2nc(SCc3cccc(F)c3)sc2c1. The number of anilines is 1. The molecule has 0 N–H and O–H groups in total. The Kier molecular flexibility index (Phi) is 4.87. The lowest BCUT2D eigenvalue weighted by molar-refractivity contribution is -0.122. The molecule has 3 aromatic rings. The Bertz CT molecular complexity index is 1090. The molecule has 1 saturated carbocycles. The Hall–Kier alpha value is -2.25. The molecule has 2 amide bonds. The molecule has 0 unspecified atom stereocenters. The molecule has 29 heavy (non-hydrogen) atoms. The summed E-state index contributed by atoms with van der Waals surface area (Å²) in [5.74, 6) is -0.000601. The Morgan fingerprint density at radius 2 is 1.83 bits per heavy atom. The van der Waals surface area contributed by atoms with Crippen LogP contribution in [0.3, 0.4) is 0 Å². The molecule has 1 aromatic heterocycles. The monoisotopic (exact) mass is 426 g/mol. The molecule has 4 nitrogen and oxygen atoms in total. The lowest BCUT2D eigenvalue weighted by atomic mass is 9.81. The normalized spacial score (nSPS) is 21.8. The number of nitrogens with zero attached hydrogens (tertiary/aromatic N) is 2. The first kappa shape index (κ1) is 18.8. The molecule has 2 aromatic carbocycles. The summed E-state index contributed by atoms with van der Waals surface area (Å²) in [5, 5.41) is 0. The lowest BCUT2D eigenvalue weighted by Crippen LogP contribution is -2.30. The molecule has 2 aliphatic rings. The minimum Gasteiger partial charge on any atom is -0.274 e. The van der Waals surface area contributed by atoms with Gasteiger partial charge in [-0.15, -0.1) is 11.3 Å². The molecule has 1 aliphatic carbocycles. The molecule has 7 heteroatoms. The minimum atomic E-state index is -0.238. The molecule has 2 heterocycles. The van der Waals surface area contributed by atoms with Crippen LogP contribution in [0.4, 0.5) is 10.1 Å². The van der Waals surface area contributed by atoms with Crippen molar-refractivity contribution in [2.45, 2.75) is 35.8 Å². The van der Waals surface area contributed by atoms with Crippen LogP contribution < -0.4 is 4.90 Å². The number of carbonyl (C=O) groups excluding carboxylic acids is 2. The zero-order valence-electron chi connectivity index (χ0n) is 15.6. The number of aromatic nitrogens is 1. The van der Waals surface area contributed by atoms with E-state index in [4.69, 9.17) is 0 Å². The number of fused-ring (bicyclic) bond motifs is 2. The van der Waals surface area contributed by atoms with Crippen molar-refractivity contribution in [2.24, 2.45) is 11.8 Å². The number of benzene rings is 2. The zero-order valence-corrected chi connectivity index (χ0v) is 17.3. The number of thiazole rings is 1. The molecular formula is C22H19FN2O2S2. The maximum absolute atomic E-state index is 13.3. The average molecular weight is 427 g/mol. The Labute approximate surface area is 176 Å². The Morgan fingerprint density at radius 1 is 1.07 bits per heavy atom. The molecule has 2 fully saturated rings. The maximum atomic E-state index is 13.3. The minimum absolute atomic E-state index is 0.0516. The van der Waals surface area contributed by atoms with Gasteiger partial charge in [-0.25, -0.2) is 9.37 Å². The van der Waals surface area contributed by atoms with E-state index in [1.807, 2.05) is 24.3 Å². The Balaban J connectivity index is 1.38. The van der Waals surface area contributed by atoms with Crippen LogP contribution in [0.2, 0.25) is 0 Å². The third-order valence-electron chi connectivity index (χ3n) is 5.70. The van der Waals surface area contributed by atoms with Crippen LogP contribution in [-0.2, 0) is 15.3 Å². The number of hydrogen-bond acceptors (Lipinski definition) is 5. The van der Waals surface area contributed by atoms with Crippen LogP contribution in [0.15, 0.2) is 46.8 Å². The van der Waals surface area contributed by atoms with Crippen molar-refractivity contribution in [3.8, 4) is 0 Å². The smallest absolute Gasteiger partial charge is 0.237 e. The van der Waals surface area contributed by atoms with E-state index in [1.54, 1.807) is 17.8 Å². The Morgan fingerprint density at radius 3 is 2.55 bits per heavy atom. The highest BCUT2D eigenvalue weighted by atomic mass is 32.2. The third-order valence-corrected chi connectivity index (χ3v) is 7.94. The van der Waals surface area contributed by atoms with Gasteiger partial charge in [0.1, 0.15) is 5.82 Å². The van der Waals surface area contributed by atoms with Crippen molar-refractivity contribution in [2.75, 3.05) is 4.90 Å². The van der Waals surface area contributed by atoms with Crippen LogP contribution in [0.1, 0.15) is 31.2 Å². The van der Waals surface area contributed by atoms with Gasteiger partial charge in [0.15, 0.2) is 4.34 Å². The van der Waals surface area contributed by atoms with Crippen molar-refractivity contribution in [3.63, 3.8) is 0 Å². The van der Waals surface area contributed by atoms with Crippen molar-refractivity contribution in [3.05, 3.63) is 53.8 Å². The van der Waals surface area contributed by atoms with Crippen LogP contribution in [0, 0.1) is 17.7 Å². The van der Waals surface area contributed by atoms with E-state index >= 15 is 0 Å². The molecule has 1 aliphatic heterocycles. The molecule has 0 radical (unpaired) electrons. The predicted octanol–water partition coefficient (Wildman–Crippen LogP) is 5.41. The molecule has 2 atom stereocenters. The van der Waals surface area contributed by atoms with Crippen molar-refractivity contribution in [1.29, 1.82) is 0 Å². The summed E-state index contributed by atoms with van der Waals surface area (Å²) in [7, 11) is 0. The summed E-state index contributed by atoms with van der Waals surface area (Å²) >= 11 is 3.09. The van der Waals surface area contributed by atoms with E-state index in [0.717, 1.165) is 45.8 Å². The average Bonchev–Trinajstić information content (AvgIpc) is 3.25. The predicted molar refractivity (Wildman–Crippen MR) is 114 cm³/mol. The molecule has 0 spiro atoms. The zero-order chi connectivity index (χ0) is 20.0. The molecule has 1 saturated heterocycles. The second-order valence-corrected chi connectivity index (χ2v) is 9.81. The third kappa shape index (κ3) is 3.46. The van der Waals surface area contributed by atoms with Crippen molar-refractivity contribution < 1.29 is 14.0 Å². The number of thioether (sulfide) groups is 1. The van der Waals surface area contributed by atoms with Gasteiger partial charge in [0.25, 0.3) is 0 Å². The number of hydrogen-bond donors (Lipinski definition) is 0. The number of amides is 2. The lowest BCUT2D eigenvalue weighted by Gasteiger charge is -2.19.